The molecule has 5 rings (SSSR count). The summed E-state index contributed by atoms with van der Waals surface area (Å²) in [4.78, 5) is 37.7. The fraction of sp³-hybridized carbons (Fsp3) is 0.887. The lowest BCUT2D eigenvalue weighted by atomic mass is 9.87. The highest BCUT2D eigenvalue weighted by Gasteiger charge is 2.31. The van der Waals surface area contributed by atoms with Crippen molar-refractivity contribution in [3.63, 3.8) is 0 Å². The number of esters is 1. The molecule has 1 atom stereocenters. The van der Waals surface area contributed by atoms with Crippen LogP contribution in [0.2, 0.25) is 0 Å². The number of methoxy groups -OCH3 is 1. The van der Waals surface area contributed by atoms with Gasteiger partial charge in [0.25, 0.3) is 0 Å². The monoisotopic (exact) mass is 1390 g/mol. The standard InChI is InChI=1S/C12H23NO2S.C11H24N2S.C11H14O.C10H21NOS.C10H21NS.C9H22NS.C8H19NS.ClH/c1-12(2,3)16-9-8-13-7-5-6-10(13)11(14)15-4;1-11(2,3)14-10-9-13-7-5-12(4)6-8-13;1-11(2,3)10(12)9-7-5-4-6-8-9;1-10(2,3)13-9-6-11-4-7-12-8-5-11;1-10(2,3)12-9-8-11-6-4-5-7-11;1-9(2,3)11-8-7-10(4,5)6;1-8(2,3)10-7-6-9(4)5;/h10H,5-9H2,1-4H3;5-10H2,1-4H3;4-8H,1-3H3;4-9H2,1-3H3;4-9H2,1-3H3;7-8H2,1-6H3;6-7H2,1-5H3;1H/q;;;;;+1;;/p-1. The van der Waals surface area contributed by atoms with Crippen molar-refractivity contribution >= 4 is 82.3 Å². The van der Waals surface area contributed by atoms with E-state index in [1.807, 2.05) is 98.2 Å². The maximum absolute atomic E-state index is 11.7. The largest absolute Gasteiger partial charge is 1.00 e. The first-order chi connectivity index (χ1) is 40.2. The number of thioether (sulfide) groups is 6. The number of Topliss-reactive ketones (excluding diaryl/α,β-unsaturated/α-hetero) is 1. The molecule has 4 heterocycles. The second-order valence-electron chi connectivity index (χ2n) is 31.9. The Morgan fingerprint density at radius 2 is 0.888 bits per heavy atom. The fourth-order valence-electron chi connectivity index (χ4n) is 8.49. The van der Waals surface area contributed by atoms with Gasteiger partial charge in [0, 0.05) is 146 Å². The van der Waals surface area contributed by atoms with Crippen LogP contribution >= 0.6 is 70.6 Å². The van der Waals surface area contributed by atoms with Gasteiger partial charge in [0.15, 0.2) is 5.78 Å². The molecular weight excluding hydrogens is 1240 g/mol. The molecule has 4 fully saturated rings. The van der Waals surface area contributed by atoms with Crippen molar-refractivity contribution in [2.45, 2.75) is 206 Å². The Morgan fingerprint density at radius 3 is 1.26 bits per heavy atom. The molecule has 0 aliphatic carbocycles. The summed E-state index contributed by atoms with van der Waals surface area (Å²) in [5.74, 6) is 7.50. The van der Waals surface area contributed by atoms with Crippen molar-refractivity contribution in [2.24, 2.45) is 5.41 Å². The molecule has 1 unspecified atom stereocenters. The van der Waals surface area contributed by atoms with Crippen LogP contribution < -0.4 is 12.4 Å². The number of hydrogen-bond acceptors (Lipinski definition) is 16. The summed E-state index contributed by atoms with van der Waals surface area (Å²) >= 11 is 12.2. The number of carbonyl (C=O) groups excluding carboxylic acids is 2. The highest BCUT2D eigenvalue weighted by atomic mass is 35.5. The highest BCUT2D eigenvalue weighted by molar-refractivity contribution is 8.01. The van der Waals surface area contributed by atoms with Gasteiger partial charge in [-0.15, -0.1) is 0 Å². The molecule has 0 bridgehead atoms. The number of morpholine rings is 1. The molecular formula is C71H144ClN7O4S6. The summed E-state index contributed by atoms with van der Waals surface area (Å²) in [5, 5.41) is 0. The Morgan fingerprint density at radius 1 is 0.517 bits per heavy atom. The lowest BCUT2D eigenvalue weighted by Gasteiger charge is -2.32. The van der Waals surface area contributed by atoms with E-state index in [-0.39, 0.29) is 35.6 Å². The Balaban J connectivity index is -0.000000972. The zero-order chi connectivity index (χ0) is 68.1. The first-order valence-electron chi connectivity index (χ1n) is 33.3. The molecule has 4 aliphatic heterocycles. The maximum Gasteiger partial charge on any atom is 0.323 e. The molecule has 18 heteroatoms. The fourth-order valence-corrected chi connectivity index (χ4v) is 14.6. The van der Waals surface area contributed by atoms with Crippen LogP contribution in [0.25, 0.3) is 0 Å². The van der Waals surface area contributed by atoms with Crippen molar-refractivity contribution in [3.8, 4) is 0 Å². The number of halogens is 1. The van der Waals surface area contributed by atoms with Crippen molar-refractivity contribution in [3.05, 3.63) is 35.9 Å². The third kappa shape index (κ3) is 63.0. The molecule has 89 heavy (non-hydrogen) atoms. The van der Waals surface area contributed by atoms with E-state index >= 15 is 0 Å². The second kappa shape index (κ2) is 48.2. The number of ether oxygens (including phenoxy) is 2. The predicted molar refractivity (Wildman–Crippen MR) is 408 cm³/mol. The van der Waals surface area contributed by atoms with Gasteiger partial charge in [0.05, 0.1) is 48.0 Å². The van der Waals surface area contributed by atoms with Crippen molar-refractivity contribution < 1.29 is 36.0 Å². The number of benzene rings is 1. The molecule has 0 saturated carbocycles. The Labute approximate surface area is 585 Å². The maximum atomic E-state index is 11.7. The first kappa shape index (κ1) is 93.6. The van der Waals surface area contributed by atoms with Crippen LogP contribution in [0.3, 0.4) is 0 Å². The quantitative estimate of drug-likeness (QED) is 0.0706. The summed E-state index contributed by atoms with van der Waals surface area (Å²) in [5.41, 5.74) is 0.520. The number of likely N-dealkylation sites (N-methyl/N-ethyl adjacent to an activating group) is 1. The summed E-state index contributed by atoms with van der Waals surface area (Å²) in [6, 6.07) is 9.41. The third-order valence-corrected chi connectivity index (χ3v) is 21.1. The number of carbonyl (C=O) groups is 2. The lowest BCUT2D eigenvalue weighted by molar-refractivity contribution is -0.867. The zero-order valence-electron chi connectivity index (χ0n) is 63.1. The van der Waals surface area contributed by atoms with Crippen LogP contribution in [0.1, 0.15) is 181 Å². The van der Waals surface area contributed by atoms with Gasteiger partial charge in [-0.2, -0.15) is 70.6 Å². The molecule has 0 spiro atoms. The molecule has 1 aromatic rings. The average Bonchev–Trinajstić information content (AvgIpc) is 4.18. The molecule has 1 aromatic carbocycles. The van der Waals surface area contributed by atoms with Gasteiger partial charge in [-0.25, -0.2) is 0 Å². The molecule has 0 radical (unpaired) electrons. The number of piperazine rings is 1. The summed E-state index contributed by atoms with van der Waals surface area (Å²) in [7, 11) is 14.6. The van der Waals surface area contributed by atoms with Crippen LogP contribution in [0.5, 0.6) is 0 Å². The number of nitrogens with zero attached hydrogens (tertiary/aromatic N) is 7. The van der Waals surface area contributed by atoms with Gasteiger partial charge in [-0.05, 0) is 66.5 Å². The summed E-state index contributed by atoms with van der Waals surface area (Å²) in [6.07, 6.45) is 4.90. The van der Waals surface area contributed by atoms with Crippen LogP contribution in [0.15, 0.2) is 30.3 Å². The van der Waals surface area contributed by atoms with E-state index in [2.05, 4.69) is 220 Å². The van der Waals surface area contributed by atoms with Gasteiger partial charge in [-0.1, -0.05) is 176 Å². The van der Waals surface area contributed by atoms with E-state index in [9.17, 15) is 9.59 Å². The Kier molecular flexibility index (Phi) is 50.7. The third-order valence-electron chi connectivity index (χ3n) is 13.6. The Hall–Kier alpha value is 0.430. The zero-order valence-corrected chi connectivity index (χ0v) is 68.8. The lowest BCUT2D eigenvalue weighted by Crippen LogP contribution is -3.00. The van der Waals surface area contributed by atoms with Crippen molar-refractivity contribution in [1.82, 2.24) is 29.4 Å². The average molecular weight is 1390 g/mol. The number of ketones is 1. The first-order valence-corrected chi connectivity index (χ1v) is 39.3. The van der Waals surface area contributed by atoms with E-state index in [1.165, 1.54) is 121 Å². The Bertz CT molecular complexity index is 1850. The van der Waals surface area contributed by atoms with E-state index < -0.39 is 0 Å². The van der Waals surface area contributed by atoms with E-state index in [0.717, 1.165) is 68.0 Å². The number of quaternary nitrogens is 1. The number of likely N-dealkylation sites (tertiary alicyclic amines) is 2. The van der Waals surface area contributed by atoms with Gasteiger partial charge in [0.1, 0.15) is 6.04 Å². The van der Waals surface area contributed by atoms with Crippen LogP contribution in [-0.2, 0) is 14.3 Å². The minimum absolute atomic E-state index is 0. The topological polar surface area (TPSA) is 72.0 Å². The SMILES string of the molecule is CC(C)(C)C(=O)c1ccccc1.CC(C)(C)SCCN1CCCC1.CC(C)(C)SCCN1CCOCC1.CC(C)(C)SCC[N+](C)(C)C.CN(C)CCSC(C)(C)C.CN1CCN(CCSC(C)(C)C)CC1.COC(=O)C1CCCN1CCSC(C)(C)C.[Cl-]. The van der Waals surface area contributed by atoms with Gasteiger partial charge >= 0.3 is 5.97 Å². The smallest absolute Gasteiger partial charge is 0.323 e. The number of rotatable bonds is 20. The van der Waals surface area contributed by atoms with E-state index in [4.69, 9.17) is 9.47 Å². The molecule has 0 amide bonds. The van der Waals surface area contributed by atoms with Gasteiger partial charge in [0.2, 0.25) is 0 Å². The summed E-state index contributed by atoms with van der Waals surface area (Å²) < 4.78 is 13.6. The van der Waals surface area contributed by atoms with E-state index in [0.29, 0.717) is 28.5 Å². The van der Waals surface area contributed by atoms with Crippen LogP contribution in [-0.4, -0.2) is 275 Å². The van der Waals surface area contributed by atoms with Crippen LogP contribution in [0.4, 0.5) is 0 Å². The number of hydrogen-bond donors (Lipinski definition) is 0. The van der Waals surface area contributed by atoms with Crippen molar-refractivity contribution in [1.29, 1.82) is 0 Å². The highest BCUT2D eigenvalue weighted by Crippen LogP contribution is 2.28. The van der Waals surface area contributed by atoms with Gasteiger partial charge in [-0.3, -0.25) is 24.3 Å². The van der Waals surface area contributed by atoms with Gasteiger partial charge < -0.3 is 41.1 Å². The van der Waals surface area contributed by atoms with E-state index in [1.54, 1.807) is 0 Å². The van der Waals surface area contributed by atoms with Crippen LogP contribution in [0, 0.1) is 5.41 Å². The minimum atomic E-state index is -0.276. The second-order valence-corrected chi connectivity index (χ2v) is 43.4. The summed E-state index contributed by atoms with van der Waals surface area (Å²) in [6.45, 7) is 66.6. The predicted octanol–water partition coefficient (Wildman–Crippen LogP) is 12.6. The normalized spacial score (nSPS) is 17.7. The molecule has 0 N–H and O–H groups in total. The molecule has 530 valence electrons. The molecule has 4 saturated heterocycles. The minimum Gasteiger partial charge on any atom is -1.00 e. The molecule has 11 nitrogen and oxygen atoms in total. The molecule has 4 aliphatic rings. The van der Waals surface area contributed by atoms with Crippen molar-refractivity contribution in [2.75, 3.05) is 195 Å². The molecule has 0 aromatic heterocycles.